The maximum absolute atomic E-state index is 4.11. The molecule has 0 fully saturated rings. The molecule has 0 spiro atoms. The molecule has 0 radical (unpaired) electrons. The number of nitrogens with zero attached hydrogens (tertiary/aromatic N) is 1. The van der Waals surface area contributed by atoms with Crippen LogP contribution in [0.4, 0.5) is 0 Å². The van der Waals surface area contributed by atoms with Crippen molar-refractivity contribution >= 4 is 0 Å². The second-order valence-corrected chi connectivity index (χ2v) is 5.39. The van der Waals surface area contributed by atoms with Gasteiger partial charge in [-0.05, 0) is 48.2 Å². The number of likely N-dealkylation sites (N-methyl/N-ethyl adjacent to an activating group) is 1. The summed E-state index contributed by atoms with van der Waals surface area (Å²) in [5, 5.41) is 3.52. The second-order valence-electron chi connectivity index (χ2n) is 5.39. The fourth-order valence-electron chi connectivity index (χ4n) is 3.29. The molecular formula is C17H20N2. The molecule has 2 nitrogen and oxygen atoms in total. The molecule has 1 aliphatic carbocycles. The number of aromatic nitrogens is 1. The third kappa shape index (κ3) is 2.17. The zero-order chi connectivity index (χ0) is 13.2. The van der Waals surface area contributed by atoms with Crippen LogP contribution in [-0.4, -0.2) is 18.1 Å². The summed E-state index contributed by atoms with van der Waals surface area (Å²) in [5.41, 5.74) is 4.39. The first-order valence-electron chi connectivity index (χ1n) is 6.96. The molecule has 0 saturated heterocycles. The molecule has 0 saturated carbocycles. The molecule has 0 amide bonds. The van der Waals surface area contributed by atoms with E-state index in [0.29, 0.717) is 17.9 Å². The summed E-state index contributed by atoms with van der Waals surface area (Å²) in [7, 11) is 2.07. The highest BCUT2D eigenvalue weighted by atomic mass is 14.9. The summed E-state index contributed by atoms with van der Waals surface area (Å²) in [6, 6.07) is 13.5. The van der Waals surface area contributed by atoms with Crippen molar-refractivity contribution in [3.8, 4) is 0 Å². The Bertz CT molecular complexity index is 548. The number of nitrogens with one attached hydrogen (secondary N) is 1. The summed E-state index contributed by atoms with van der Waals surface area (Å²) >= 11 is 0. The molecule has 3 rings (SSSR count). The van der Waals surface area contributed by atoms with Crippen LogP contribution in [-0.2, 0) is 6.42 Å². The predicted molar refractivity (Wildman–Crippen MR) is 78.4 cm³/mol. The van der Waals surface area contributed by atoms with Crippen molar-refractivity contribution in [3.05, 3.63) is 65.5 Å². The van der Waals surface area contributed by atoms with Crippen molar-refractivity contribution in [2.75, 3.05) is 7.05 Å². The van der Waals surface area contributed by atoms with Crippen LogP contribution in [0, 0.1) is 0 Å². The largest absolute Gasteiger partial charge is 0.316 e. The lowest BCUT2D eigenvalue weighted by molar-refractivity contribution is 0.377. The van der Waals surface area contributed by atoms with E-state index >= 15 is 0 Å². The van der Waals surface area contributed by atoms with Crippen LogP contribution in [0.5, 0.6) is 0 Å². The Morgan fingerprint density at radius 3 is 2.58 bits per heavy atom. The first kappa shape index (κ1) is 12.4. The molecule has 19 heavy (non-hydrogen) atoms. The number of rotatable bonds is 4. The molecule has 3 atom stereocenters. The van der Waals surface area contributed by atoms with Crippen LogP contribution in [0.3, 0.4) is 0 Å². The van der Waals surface area contributed by atoms with E-state index < -0.39 is 0 Å². The zero-order valence-electron chi connectivity index (χ0n) is 11.5. The van der Waals surface area contributed by atoms with Crippen molar-refractivity contribution in [1.29, 1.82) is 0 Å². The third-order valence-electron chi connectivity index (χ3n) is 4.43. The van der Waals surface area contributed by atoms with Crippen molar-refractivity contribution in [2.24, 2.45) is 0 Å². The lowest BCUT2D eigenvalue weighted by Crippen LogP contribution is -2.41. The summed E-state index contributed by atoms with van der Waals surface area (Å²) in [6.45, 7) is 2.30. The van der Waals surface area contributed by atoms with Gasteiger partial charge in [-0.15, -0.1) is 0 Å². The smallest absolute Gasteiger partial charge is 0.0270 e. The van der Waals surface area contributed by atoms with E-state index in [0.717, 1.165) is 0 Å². The van der Waals surface area contributed by atoms with Gasteiger partial charge < -0.3 is 5.32 Å². The minimum atomic E-state index is 0.484. The van der Waals surface area contributed by atoms with E-state index in [1.54, 1.807) is 0 Å². The molecule has 0 bridgehead atoms. The Hall–Kier alpha value is -1.67. The summed E-state index contributed by atoms with van der Waals surface area (Å²) in [4.78, 5) is 4.11. The van der Waals surface area contributed by atoms with Crippen molar-refractivity contribution < 1.29 is 0 Å². The molecule has 3 unspecified atom stereocenters. The van der Waals surface area contributed by atoms with Crippen LogP contribution in [0.25, 0.3) is 0 Å². The Morgan fingerprint density at radius 1 is 1.16 bits per heavy atom. The van der Waals surface area contributed by atoms with E-state index in [2.05, 4.69) is 60.7 Å². The van der Waals surface area contributed by atoms with Crippen LogP contribution in [0.1, 0.15) is 35.4 Å². The van der Waals surface area contributed by atoms with Crippen LogP contribution < -0.4 is 5.32 Å². The summed E-state index contributed by atoms with van der Waals surface area (Å²) < 4.78 is 0. The lowest BCUT2D eigenvalue weighted by Gasteiger charge is -2.39. The standard InChI is InChI=1S/C17H20N2/c1-12(13-7-9-19-10-8-13)17(18-2)16-11-14-5-3-4-6-15(14)16/h3-10,12,16-18H,11H2,1-2H3. The molecule has 2 aromatic rings. The molecule has 1 heterocycles. The van der Waals surface area contributed by atoms with Crippen molar-refractivity contribution in [3.63, 3.8) is 0 Å². The number of fused-ring (bicyclic) bond motifs is 1. The third-order valence-corrected chi connectivity index (χ3v) is 4.43. The average Bonchev–Trinajstić information content (AvgIpc) is 2.45. The molecule has 1 N–H and O–H groups in total. The lowest BCUT2D eigenvalue weighted by atomic mass is 9.69. The molecule has 2 heteroatoms. The SMILES string of the molecule is CNC(C(C)c1ccncc1)C1Cc2ccccc21. The number of benzene rings is 1. The Morgan fingerprint density at radius 2 is 1.89 bits per heavy atom. The fraction of sp³-hybridized carbons (Fsp3) is 0.353. The predicted octanol–water partition coefficient (Wildman–Crippen LogP) is 3.11. The van der Waals surface area contributed by atoms with Crippen LogP contribution in [0.15, 0.2) is 48.8 Å². The van der Waals surface area contributed by atoms with E-state index in [1.165, 1.54) is 23.1 Å². The first-order valence-corrected chi connectivity index (χ1v) is 6.96. The summed E-state index contributed by atoms with van der Waals surface area (Å²) in [6.07, 6.45) is 4.96. The van der Waals surface area contributed by atoms with E-state index in [-0.39, 0.29) is 0 Å². The van der Waals surface area contributed by atoms with Crippen LogP contribution in [0.2, 0.25) is 0 Å². The van der Waals surface area contributed by atoms with Gasteiger partial charge in [0.15, 0.2) is 0 Å². The van der Waals surface area contributed by atoms with Crippen LogP contribution >= 0.6 is 0 Å². The van der Waals surface area contributed by atoms with E-state index in [4.69, 9.17) is 0 Å². The quantitative estimate of drug-likeness (QED) is 0.904. The average molecular weight is 252 g/mol. The van der Waals surface area contributed by atoms with Gasteiger partial charge >= 0.3 is 0 Å². The molecule has 1 aromatic carbocycles. The van der Waals surface area contributed by atoms with Gasteiger partial charge in [0.25, 0.3) is 0 Å². The van der Waals surface area contributed by atoms with Crippen molar-refractivity contribution in [1.82, 2.24) is 10.3 Å². The highest BCUT2D eigenvalue weighted by Crippen LogP contribution is 2.41. The Labute approximate surface area is 114 Å². The Balaban J connectivity index is 1.83. The van der Waals surface area contributed by atoms with Gasteiger partial charge in [-0.2, -0.15) is 0 Å². The van der Waals surface area contributed by atoms with Crippen molar-refractivity contribution in [2.45, 2.75) is 31.2 Å². The van der Waals surface area contributed by atoms with Gasteiger partial charge in [0, 0.05) is 24.4 Å². The van der Waals surface area contributed by atoms with E-state index in [9.17, 15) is 0 Å². The maximum Gasteiger partial charge on any atom is 0.0270 e. The van der Waals surface area contributed by atoms with E-state index in [1.807, 2.05) is 12.4 Å². The van der Waals surface area contributed by atoms with Gasteiger partial charge in [-0.25, -0.2) is 0 Å². The first-order chi connectivity index (χ1) is 9.31. The highest BCUT2D eigenvalue weighted by Gasteiger charge is 2.35. The number of hydrogen-bond acceptors (Lipinski definition) is 2. The molecule has 98 valence electrons. The van der Waals surface area contributed by atoms with Gasteiger partial charge in [0.2, 0.25) is 0 Å². The Kier molecular flexibility index (Phi) is 3.34. The van der Waals surface area contributed by atoms with Gasteiger partial charge in [0.05, 0.1) is 0 Å². The monoisotopic (exact) mass is 252 g/mol. The minimum absolute atomic E-state index is 0.484. The fourth-order valence-corrected chi connectivity index (χ4v) is 3.29. The molecule has 1 aromatic heterocycles. The zero-order valence-corrected chi connectivity index (χ0v) is 11.5. The topological polar surface area (TPSA) is 24.9 Å². The minimum Gasteiger partial charge on any atom is -0.316 e. The second kappa shape index (κ2) is 5.14. The number of hydrogen-bond donors (Lipinski definition) is 1. The van der Waals surface area contributed by atoms with Gasteiger partial charge in [-0.3, -0.25) is 4.98 Å². The molecule has 1 aliphatic rings. The maximum atomic E-state index is 4.11. The molecular weight excluding hydrogens is 232 g/mol. The van der Waals surface area contributed by atoms with Gasteiger partial charge in [-0.1, -0.05) is 31.2 Å². The molecule has 0 aliphatic heterocycles. The summed E-state index contributed by atoms with van der Waals surface area (Å²) in [5.74, 6) is 1.12. The number of pyridine rings is 1. The van der Waals surface area contributed by atoms with Gasteiger partial charge in [0.1, 0.15) is 0 Å². The highest BCUT2D eigenvalue weighted by molar-refractivity contribution is 5.42. The normalized spacial score (nSPS) is 20.2.